The molecule has 2 aromatic heterocycles. The lowest BCUT2D eigenvalue weighted by Gasteiger charge is -2.26. The Morgan fingerprint density at radius 1 is 0.917 bits per heavy atom. The van der Waals surface area contributed by atoms with E-state index in [0.717, 1.165) is 24.2 Å². The van der Waals surface area contributed by atoms with E-state index in [4.69, 9.17) is 14.1 Å². The molecule has 11 nitrogen and oxygen atoms in total. The number of fused-ring (bicyclic) bond motifs is 1. The van der Waals surface area contributed by atoms with Gasteiger partial charge in [-0.1, -0.05) is 53.6 Å². The number of carbonyl (C=O) groups is 1. The molecule has 36 heavy (non-hydrogen) atoms. The van der Waals surface area contributed by atoms with Crippen LogP contribution in [0.2, 0.25) is 0 Å². The molecule has 1 fully saturated rings. The first-order valence-electron chi connectivity index (χ1n) is 11.5. The summed E-state index contributed by atoms with van der Waals surface area (Å²) in [6.07, 6.45) is 2.28. The minimum Gasteiger partial charge on any atom is -0.403 e. The van der Waals surface area contributed by atoms with Crippen LogP contribution in [0.15, 0.2) is 76.4 Å². The van der Waals surface area contributed by atoms with Crippen LogP contribution in [0.4, 0.5) is 17.7 Å². The van der Waals surface area contributed by atoms with Crippen LogP contribution in [-0.4, -0.2) is 64.3 Å². The summed E-state index contributed by atoms with van der Waals surface area (Å²) < 4.78 is 11.1. The molecule has 180 valence electrons. The molecule has 2 aliphatic rings. The third kappa shape index (κ3) is 4.39. The number of morpholine rings is 1. The molecule has 4 aromatic rings. The molecule has 0 saturated carbocycles. The highest BCUT2D eigenvalue weighted by Crippen LogP contribution is 2.25. The normalized spacial score (nSPS) is 17.6. The van der Waals surface area contributed by atoms with Crippen LogP contribution >= 0.6 is 0 Å². The number of aliphatic imine (C=N–C) groups is 1. The van der Waals surface area contributed by atoms with Gasteiger partial charge in [-0.05, 0) is 6.07 Å². The second kappa shape index (κ2) is 9.55. The first kappa shape index (κ1) is 21.9. The number of benzene rings is 2. The summed E-state index contributed by atoms with van der Waals surface area (Å²) in [4.78, 5) is 28.6. The third-order valence-electron chi connectivity index (χ3n) is 5.86. The van der Waals surface area contributed by atoms with Gasteiger partial charge in [0.05, 0.1) is 30.2 Å². The number of hydrogen-bond acceptors (Lipinski definition) is 10. The van der Waals surface area contributed by atoms with Crippen molar-refractivity contribution in [3.05, 3.63) is 78.1 Å². The number of amides is 1. The maximum Gasteiger partial charge on any atom is 0.317 e. The van der Waals surface area contributed by atoms with Gasteiger partial charge in [0, 0.05) is 36.6 Å². The Morgan fingerprint density at radius 3 is 2.47 bits per heavy atom. The summed E-state index contributed by atoms with van der Waals surface area (Å²) in [7, 11) is 0. The summed E-state index contributed by atoms with van der Waals surface area (Å²) in [6, 6.07) is 17.3. The number of ether oxygens (including phenoxy) is 1. The van der Waals surface area contributed by atoms with Gasteiger partial charge in [0.15, 0.2) is 0 Å². The molecular formula is C25H22N8O3. The Hall–Kier alpha value is -4.64. The van der Waals surface area contributed by atoms with E-state index in [1.165, 1.54) is 0 Å². The average molecular weight is 483 g/mol. The average Bonchev–Trinajstić information content (AvgIpc) is 3.36. The summed E-state index contributed by atoms with van der Waals surface area (Å²) in [6.45, 7) is 2.79. The van der Waals surface area contributed by atoms with Crippen molar-refractivity contribution in [3.63, 3.8) is 0 Å². The van der Waals surface area contributed by atoms with Crippen LogP contribution in [0, 0.1) is 0 Å². The van der Waals surface area contributed by atoms with Crippen LogP contribution in [0.3, 0.4) is 0 Å². The van der Waals surface area contributed by atoms with E-state index in [0.29, 0.717) is 36.1 Å². The molecular weight excluding hydrogens is 460 g/mol. The van der Waals surface area contributed by atoms with Gasteiger partial charge in [-0.15, -0.1) is 5.10 Å². The molecule has 1 saturated heterocycles. The van der Waals surface area contributed by atoms with E-state index in [2.05, 4.69) is 35.7 Å². The molecule has 1 amide bonds. The number of rotatable bonds is 5. The zero-order valence-electron chi connectivity index (χ0n) is 19.2. The molecule has 0 bridgehead atoms. The van der Waals surface area contributed by atoms with Gasteiger partial charge in [0.2, 0.25) is 12.1 Å². The molecule has 6 rings (SSSR count). The fraction of sp³-hybridized carbons (Fsp3) is 0.200. The predicted molar refractivity (Wildman–Crippen MR) is 133 cm³/mol. The monoisotopic (exact) mass is 482 g/mol. The lowest BCUT2D eigenvalue weighted by Crippen LogP contribution is -2.37. The molecule has 11 heteroatoms. The Kier molecular flexibility index (Phi) is 5.80. The summed E-state index contributed by atoms with van der Waals surface area (Å²) in [5.74, 6) is 0.513. The second-order valence-electron chi connectivity index (χ2n) is 8.21. The lowest BCUT2D eigenvalue weighted by molar-refractivity contribution is -0.116. The van der Waals surface area contributed by atoms with Gasteiger partial charge in [-0.25, -0.2) is 15.0 Å². The predicted octanol–water partition coefficient (Wildman–Crippen LogP) is 2.59. The number of nitrogens with zero attached hydrogens (tertiary/aromatic N) is 6. The minimum atomic E-state index is -0.985. The van der Waals surface area contributed by atoms with E-state index >= 15 is 0 Å². The van der Waals surface area contributed by atoms with Crippen molar-refractivity contribution >= 4 is 29.3 Å². The molecule has 0 spiro atoms. The van der Waals surface area contributed by atoms with Crippen molar-refractivity contribution in [2.24, 2.45) is 4.99 Å². The zero-order chi connectivity index (χ0) is 24.3. The van der Waals surface area contributed by atoms with Crippen LogP contribution in [0.25, 0.3) is 11.5 Å². The van der Waals surface area contributed by atoms with Gasteiger partial charge >= 0.3 is 6.01 Å². The van der Waals surface area contributed by atoms with Gasteiger partial charge in [-0.2, -0.15) is 0 Å². The molecule has 0 radical (unpaired) electrons. The Balaban J connectivity index is 1.25. The number of para-hydroxylation sites is 1. The van der Waals surface area contributed by atoms with Crippen LogP contribution in [0.5, 0.6) is 0 Å². The fourth-order valence-corrected chi connectivity index (χ4v) is 4.05. The standard InChI is InChI=1S/C25H22N8O3/c34-22-21(29-20(16-6-2-1-3-7-16)18-8-4-5-9-19(18)28-22)30-25-32-31-23(36-25)17-14-26-24(27-15-17)33-10-12-35-13-11-33/h1-9,14-15,21H,10-13H2,(H,28,34)(H,30,32)/t21-/m1/s1. The van der Waals surface area contributed by atoms with E-state index in [-0.39, 0.29) is 17.8 Å². The van der Waals surface area contributed by atoms with Gasteiger partial charge in [0.25, 0.3) is 11.8 Å². The van der Waals surface area contributed by atoms with Crippen molar-refractivity contribution in [2.75, 3.05) is 41.8 Å². The molecule has 0 unspecified atom stereocenters. The quantitative estimate of drug-likeness (QED) is 0.441. The number of nitrogens with one attached hydrogen (secondary N) is 2. The third-order valence-corrected chi connectivity index (χ3v) is 5.86. The Morgan fingerprint density at radius 2 is 1.67 bits per heavy atom. The molecule has 2 N–H and O–H groups in total. The molecule has 2 aliphatic heterocycles. The SMILES string of the molecule is O=C1Nc2ccccc2C(c2ccccc2)=N[C@@H]1Nc1nnc(-c2cnc(N3CCOCC3)nc2)o1. The molecule has 2 aromatic carbocycles. The summed E-state index contributed by atoms with van der Waals surface area (Å²) in [5.41, 5.74) is 3.63. The first-order chi connectivity index (χ1) is 17.7. The van der Waals surface area contributed by atoms with Gasteiger partial charge < -0.3 is 24.7 Å². The van der Waals surface area contributed by atoms with Crippen molar-refractivity contribution in [3.8, 4) is 11.5 Å². The highest BCUT2D eigenvalue weighted by Gasteiger charge is 2.27. The Bertz CT molecular complexity index is 1400. The van der Waals surface area contributed by atoms with Crippen LogP contribution in [-0.2, 0) is 9.53 Å². The number of carbonyl (C=O) groups excluding carboxylic acids is 1. The topological polar surface area (TPSA) is 131 Å². The summed E-state index contributed by atoms with van der Waals surface area (Å²) >= 11 is 0. The number of benzodiazepines with no additional fused rings is 1. The smallest absolute Gasteiger partial charge is 0.317 e. The number of anilines is 3. The van der Waals surface area contributed by atoms with Crippen LogP contribution in [0.1, 0.15) is 11.1 Å². The van der Waals surface area contributed by atoms with Crippen molar-refractivity contribution < 1.29 is 13.9 Å². The fourth-order valence-electron chi connectivity index (χ4n) is 4.05. The zero-order valence-corrected chi connectivity index (χ0v) is 19.2. The minimum absolute atomic E-state index is 0.0597. The van der Waals surface area contributed by atoms with E-state index in [9.17, 15) is 4.79 Å². The maximum absolute atomic E-state index is 13.0. The first-order valence-corrected chi connectivity index (χ1v) is 11.5. The van der Waals surface area contributed by atoms with Crippen molar-refractivity contribution in [1.82, 2.24) is 20.2 Å². The van der Waals surface area contributed by atoms with E-state index in [1.54, 1.807) is 12.4 Å². The van der Waals surface area contributed by atoms with E-state index < -0.39 is 6.17 Å². The maximum atomic E-state index is 13.0. The highest BCUT2D eigenvalue weighted by molar-refractivity contribution is 6.19. The molecule has 4 heterocycles. The van der Waals surface area contributed by atoms with Gasteiger partial charge in [0.1, 0.15) is 0 Å². The Labute approximate surface area is 206 Å². The number of hydrogen-bond donors (Lipinski definition) is 2. The van der Waals surface area contributed by atoms with E-state index in [1.807, 2.05) is 54.6 Å². The molecule has 1 atom stereocenters. The van der Waals surface area contributed by atoms with Crippen molar-refractivity contribution in [2.45, 2.75) is 6.17 Å². The van der Waals surface area contributed by atoms with Crippen LogP contribution < -0.4 is 15.5 Å². The number of aromatic nitrogens is 4. The van der Waals surface area contributed by atoms with Gasteiger partial charge in [-0.3, -0.25) is 4.79 Å². The largest absolute Gasteiger partial charge is 0.403 e. The highest BCUT2D eigenvalue weighted by atomic mass is 16.5. The lowest BCUT2D eigenvalue weighted by atomic mass is 10.0. The second-order valence-corrected chi connectivity index (χ2v) is 8.21. The molecule has 0 aliphatic carbocycles. The van der Waals surface area contributed by atoms with Crippen molar-refractivity contribution in [1.29, 1.82) is 0 Å². The summed E-state index contributed by atoms with van der Waals surface area (Å²) in [5, 5.41) is 14.0.